The van der Waals surface area contributed by atoms with Crippen LogP contribution in [0.15, 0.2) is 23.4 Å². The van der Waals surface area contributed by atoms with Crippen LogP contribution in [0.4, 0.5) is 5.69 Å². The SMILES string of the molecule is CCCC(C)C(=O)Nc1cc(Cl)ccc1C(N)=NO. The zero-order valence-corrected chi connectivity index (χ0v) is 11.7. The van der Waals surface area contributed by atoms with Crippen LogP contribution in [0.1, 0.15) is 32.3 Å². The van der Waals surface area contributed by atoms with Crippen molar-refractivity contribution in [1.82, 2.24) is 0 Å². The zero-order chi connectivity index (χ0) is 14.4. The van der Waals surface area contributed by atoms with Crippen LogP contribution in [-0.4, -0.2) is 17.0 Å². The molecule has 0 aliphatic heterocycles. The summed E-state index contributed by atoms with van der Waals surface area (Å²) in [5.41, 5.74) is 6.44. The lowest BCUT2D eigenvalue weighted by Crippen LogP contribution is -2.23. The van der Waals surface area contributed by atoms with E-state index in [4.69, 9.17) is 22.5 Å². The lowest BCUT2D eigenvalue weighted by molar-refractivity contribution is -0.119. The maximum Gasteiger partial charge on any atom is 0.227 e. The second kappa shape index (κ2) is 6.99. The van der Waals surface area contributed by atoms with Crippen molar-refractivity contribution in [2.45, 2.75) is 26.7 Å². The number of oxime groups is 1. The number of hydrogen-bond acceptors (Lipinski definition) is 3. The van der Waals surface area contributed by atoms with Gasteiger partial charge in [0.1, 0.15) is 0 Å². The smallest absolute Gasteiger partial charge is 0.227 e. The van der Waals surface area contributed by atoms with E-state index >= 15 is 0 Å². The number of hydrogen-bond donors (Lipinski definition) is 3. The number of benzene rings is 1. The highest BCUT2D eigenvalue weighted by Crippen LogP contribution is 2.22. The van der Waals surface area contributed by atoms with Gasteiger partial charge in [-0.25, -0.2) is 0 Å². The molecular formula is C13H18ClN3O2. The fourth-order valence-electron chi connectivity index (χ4n) is 1.72. The molecule has 1 amide bonds. The van der Waals surface area contributed by atoms with Crippen LogP contribution in [-0.2, 0) is 4.79 Å². The van der Waals surface area contributed by atoms with E-state index in [2.05, 4.69) is 10.5 Å². The number of carbonyl (C=O) groups excluding carboxylic acids is 1. The molecule has 0 fully saturated rings. The Morgan fingerprint density at radius 1 is 1.58 bits per heavy atom. The number of nitrogens with zero attached hydrogens (tertiary/aromatic N) is 1. The molecule has 5 nitrogen and oxygen atoms in total. The van der Waals surface area contributed by atoms with Crippen molar-refractivity contribution in [3.63, 3.8) is 0 Å². The van der Waals surface area contributed by atoms with Gasteiger partial charge in [-0.1, -0.05) is 37.0 Å². The van der Waals surface area contributed by atoms with E-state index in [-0.39, 0.29) is 17.7 Å². The maximum atomic E-state index is 12.0. The third kappa shape index (κ3) is 4.13. The van der Waals surface area contributed by atoms with Gasteiger partial charge in [0, 0.05) is 16.5 Å². The summed E-state index contributed by atoms with van der Waals surface area (Å²) in [6, 6.07) is 4.78. The summed E-state index contributed by atoms with van der Waals surface area (Å²) < 4.78 is 0. The van der Waals surface area contributed by atoms with Crippen LogP contribution in [0.3, 0.4) is 0 Å². The van der Waals surface area contributed by atoms with E-state index in [1.54, 1.807) is 18.2 Å². The van der Waals surface area contributed by atoms with Gasteiger partial charge in [-0.05, 0) is 24.6 Å². The molecule has 0 spiro atoms. The summed E-state index contributed by atoms with van der Waals surface area (Å²) in [6.45, 7) is 3.87. The van der Waals surface area contributed by atoms with E-state index < -0.39 is 0 Å². The number of amides is 1. The Hall–Kier alpha value is -1.75. The van der Waals surface area contributed by atoms with E-state index in [1.807, 2.05) is 13.8 Å². The fraction of sp³-hybridized carbons (Fsp3) is 0.385. The van der Waals surface area contributed by atoms with E-state index in [0.717, 1.165) is 12.8 Å². The van der Waals surface area contributed by atoms with Gasteiger partial charge in [0.25, 0.3) is 0 Å². The van der Waals surface area contributed by atoms with Gasteiger partial charge in [-0.3, -0.25) is 4.79 Å². The zero-order valence-electron chi connectivity index (χ0n) is 11.0. The van der Waals surface area contributed by atoms with Gasteiger partial charge >= 0.3 is 0 Å². The molecule has 19 heavy (non-hydrogen) atoms. The van der Waals surface area contributed by atoms with Gasteiger partial charge in [-0.2, -0.15) is 0 Å². The van der Waals surface area contributed by atoms with Crippen molar-refractivity contribution >= 4 is 29.0 Å². The predicted molar refractivity (Wildman–Crippen MR) is 76.7 cm³/mol. The Bertz CT molecular complexity index is 489. The Morgan fingerprint density at radius 2 is 2.26 bits per heavy atom. The first-order chi connectivity index (χ1) is 8.99. The molecule has 104 valence electrons. The molecule has 6 heteroatoms. The summed E-state index contributed by atoms with van der Waals surface area (Å²) >= 11 is 5.89. The standard InChI is InChI=1S/C13H18ClN3O2/c1-3-4-8(2)13(18)16-11-7-9(14)5-6-10(11)12(15)17-19/h5-8,19H,3-4H2,1-2H3,(H2,15,17)(H,16,18). The topological polar surface area (TPSA) is 87.7 Å². The molecule has 1 atom stereocenters. The van der Waals surface area contributed by atoms with Gasteiger partial charge in [0.05, 0.1) is 5.69 Å². The highest BCUT2D eigenvalue weighted by atomic mass is 35.5. The van der Waals surface area contributed by atoms with Gasteiger partial charge in [-0.15, -0.1) is 0 Å². The minimum absolute atomic E-state index is 0.0740. The highest BCUT2D eigenvalue weighted by molar-refractivity contribution is 6.31. The third-order valence-electron chi connectivity index (χ3n) is 2.79. The number of rotatable bonds is 5. The Labute approximate surface area is 117 Å². The molecule has 4 N–H and O–H groups in total. The number of nitrogens with one attached hydrogen (secondary N) is 1. The Balaban J connectivity index is 2.99. The maximum absolute atomic E-state index is 12.0. The predicted octanol–water partition coefficient (Wildman–Crippen LogP) is 2.81. The molecule has 1 rings (SSSR count). The van der Waals surface area contributed by atoms with Crippen molar-refractivity contribution in [1.29, 1.82) is 0 Å². The molecule has 1 unspecified atom stereocenters. The first-order valence-corrected chi connectivity index (χ1v) is 6.45. The molecule has 0 saturated carbocycles. The molecule has 1 aromatic carbocycles. The number of amidine groups is 1. The lowest BCUT2D eigenvalue weighted by atomic mass is 10.0. The first kappa shape index (κ1) is 15.3. The molecular weight excluding hydrogens is 266 g/mol. The van der Waals surface area contributed by atoms with Crippen molar-refractivity contribution in [3.8, 4) is 0 Å². The second-order valence-electron chi connectivity index (χ2n) is 4.35. The summed E-state index contributed by atoms with van der Waals surface area (Å²) in [5.74, 6) is -0.296. The van der Waals surface area contributed by atoms with Crippen molar-refractivity contribution in [3.05, 3.63) is 28.8 Å². The number of nitrogens with two attached hydrogens (primary N) is 1. The quantitative estimate of drug-likeness (QED) is 0.336. The van der Waals surface area contributed by atoms with E-state index in [0.29, 0.717) is 16.3 Å². The fourth-order valence-corrected chi connectivity index (χ4v) is 1.89. The molecule has 0 bridgehead atoms. The van der Waals surface area contributed by atoms with Crippen molar-refractivity contribution in [2.75, 3.05) is 5.32 Å². The first-order valence-electron chi connectivity index (χ1n) is 6.07. The van der Waals surface area contributed by atoms with Crippen LogP contribution in [0.25, 0.3) is 0 Å². The van der Waals surface area contributed by atoms with Crippen molar-refractivity contribution in [2.24, 2.45) is 16.8 Å². The summed E-state index contributed by atoms with van der Waals surface area (Å²) in [7, 11) is 0. The molecule has 0 aliphatic carbocycles. The van der Waals surface area contributed by atoms with Crippen molar-refractivity contribution < 1.29 is 10.0 Å². The van der Waals surface area contributed by atoms with Crippen LogP contribution < -0.4 is 11.1 Å². The molecule has 0 saturated heterocycles. The minimum Gasteiger partial charge on any atom is -0.409 e. The van der Waals surface area contributed by atoms with Gasteiger partial charge < -0.3 is 16.3 Å². The number of halogens is 1. The Morgan fingerprint density at radius 3 is 2.84 bits per heavy atom. The van der Waals surface area contributed by atoms with Crippen LogP contribution in [0, 0.1) is 5.92 Å². The molecule has 1 aromatic rings. The average Bonchev–Trinajstić information content (AvgIpc) is 2.38. The molecule has 0 radical (unpaired) electrons. The summed E-state index contributed by atoms with van der Waals surface area (Å²) in [6.07, 6.45) is 1.72. The number of anilines is 1. The van der Waals surface area contributed by atoms with Gasteiger partial charge in [0.2, 0.25) is 5.91 Å². The average molecular weight is 284 g/mol. The van der Waals surface area contributed by atoms with E-state index in [1.165, 1.54) is 0 Å². The van der Waals surface area contributed by atoms with E-state index in [9.17, 15) is 4.79 Å². The highest BCUT2D eigenvalue weighted by Gasteiger charge is 2.15. The summed E-state index contributed by atoms with van der Waals surface area (Å²) in [5, 5.41) is 14.9. The lowest BCUT2D eigenvalue weighted by Gasteiger charge is -2.14. The molecule has 0 heterocycles. The van der Waals surface area contributed by atoms with Crippen LogP contribution in [0.2, 0.25) is 5.02 Å². The second-order valence-corrected chi connectivity index (χ2v) is 4.79. The molecule has 0 aliphatic rings. The van der Waals surface area contributed by atoms with Crippen LogP contribution >= 0.6 is 11.6 Å². The largest absolute Gasteiger partial charge is 0.409 e. The number of carbonyl (C=O) groups is 1. The minimum atomic E-state index is -0.115. The Kier molecular flexibility index (Phi) is 5.63. The monoisotopic (exact) mass is 283 g/mol. The van der Waals surface area contributed by atoms with Gasteiger partial charge in [0.15, 0.2) is 5.84 Å². The third-order valence-corrected chi connectivity index (χ3v) is 3.03. The van der Waals surface area contributed by atoms with Crippen LogP contribution in [0.5, 0.6) is 0 Å². The normalized spacial score (nSPS) is 13.1. The molecule has 0 aromatic heterocycles. The summed E-state index contributed by atoms with van der Waals surface area (Å²) in [4.78, 5) is 12.0.